The number of rotatable bonds is 4. The molecule has 4 rings (SSSR count). The molecule has 30 heavy (non-hydrogen) atoms. The number of nitrogens with zero attached hydrogens (tertiary/aromatic N) is 3. The van der Waals surface area contributed by atoms with Crippen LogP contribution in [0, 0.1) is 13.8 Å². The highest BCUT2D eigenvalue weighted by molar-refractivity contribution is 6.31. The predicted octanol–water partition coefficient (Wildman–Crippen LogP) is 6.09. The highest BCUT2D eigenvalue weighted by Gasteiger charge is 2.33. The molecule has 0 saturated carbocycles. The van der Waals surface area contributed by atoms with E-state index in [-0.39, 0.29) is 5.02 Å². The first-order valence-electron chi connectivity index (χ1n) is 9.04. The van der Waals surface area contributed by atoms with Gasteiger partial charge in [-0.3, -0.25) is 0 Å². The van der Waals surface area contributed by atoms with Crippen molar-refractivity contribution in [3.8, 4) is 5.69 Å². The summed E-state index contributed by atoms with van der Waals surface area (Å²) in [7, 11) is 0. The van der Waals surface area contributed by atoms with Crippen molar-refractivity contribution in [3.05, 3.63) is 76.1 Å². The van der Waals surface area contributed by atoms with Crippen LogP contribution in [0.3, 0.4) is 0 Å². The number of para-hydroxylation sites is 2. The molecule has 5 nitrogen and oxygen atoms in total. The molecule has 0 unspecified atom stereocenters. The fraction of sp³-hybridized carbons (Fsp3) is 0.143. The Morgan fingerprint density at radius 1 is 1.13 bits per heavy atom. The minimum atomic E-state index is -4.52. The molecule has 0 aliphatic carbocycles. The van der Waals surface area contributed by atoms with Crippen LogP contribution < -0.4 is 5.43 Å². The summed E-state index contributed by atoms with van der Waals surface area (Å²) in [6.45, 7) is 3.64. The van der Waals surface area contributed by atoms with E-state index in [1.165, 1.54) is 6.07 Å². The topological polar surface area (TPSA) is 58.0 Å². The van der Waals surface area contributed by atoms with Gasteiger partial charge in [0.15, 0.2) is 0 Å². The number of H-pyrrole nitrogens is 1. The summed E-state index contributed by atoms with van der Waals surface area (Å²) in [5.74, 6) is 0.494. The van der Waals surface area contributed by atoms with Gasteiger partial charge in [0, 0.05) is 22.6 Å². The second kappa shape index (κ2) is 7.53. The van der Waals surface area contributed by atoms with E-state index < -0.39 is 11.7 Å². The lowest BCUT2D eigenvalue weighted by Gasteiger charge is -2.14. The lowest BCUT2D eigenvalue weighted by atomic mass is 10.2. The Morgan fingerprint density at radius 2 is 1.90 bits per heavy atom. The zero-order chi connectivity index (χ0) is 21.5. The number of aromatic nitrogens is 3. The van der Waals surface area contributed by atoms with Crippen LogP contribution in [0.5, 0.6) is 0 Å². The summed E-state index contributed by atoms with van der Waals surface area (Å²) in [5.41, 5.74) is 6.34. The summed E-state index contributed by atoms with van der Waals surface area (Å²) < 4.78 is 41.4. The third-order valence-corrected chi connectivity index (χ3v) is 5.08. The van der Waals surface area contributed by atoms with Gasteiger partial charge < -0.3 is 9.55 Å². The Hall–Kier alpha value is -3.26. The lowest BCUT2D eigenvalue weighted by Crippen LogP contribution is -2.08. The van der Waals surface area contributed by atoms with Crippen molar-refractivity contribution in [1.82, 2.24) is 14.5 Å². The van der Waals surface area contributed by atoms with E-state index in [0.717, 1.165) is 34.1 Å². The molecule has 0 saturated heterocycles. The molecule has 0 atom stereocenters. The number of anilines is 1. The molecule has 4 aromatic rings. The van der Waals surface area contributed by atoms with Gasteiger partial charge in [-0.1, -0.05) is 23.7 Å². The average Bonchev–Trinajstić information content (AvgIpc) is 3.22. The van der Waals surface area contributed by atoms with E-state index >= 15 is 0 Å². The number of aryl methyl sites for hydroxylation is 1. The van der Waals surface area contributed by atoms with E-state index in [0.29, 0.717) is 11.6 Å². The van der Waals surface area contributed by atoms with Crippen LogP contribution in [-0.4, -0.2) is 20.7 Å². The normalized spacial score (nSPS) is 12.2. The number of hydrogen-bond acceptors (Lipinski definition) is 3. The second-order valence-corrected chi connectivity index (χ2v) is 7.20. The molecule has 154 valence electrons. The number of aromatic amines is 1. The fourth-order valence-corrected chi connectivity index (χ4v) is 3.58. The van der Waals surface area contributed by atoms with Gasteiger partial charge in [-0.05, 0) is 50.2 Å². The molecule has 0 spiro atoms. The zero-order valence-electron chi connectivity index (χ0n) is 16.0. The minimum Gasteiger partial charge on any atom is -0.323 e. The number of hydrazone groups is 1. The summed E-state index contributed by atoms with van der Waals surface area (Å²) >= 11 is 5.74. The molecule has 0 radical (unpaired) electrons. The highest BCUT2D eigenvalue weighted by atomic mass is 35.5. The summed E-state index contributed by atoms with van der Waals surface area (Å²) in [6.07, 6.45) is -2.92. The maximum absolute atomic E-state index is 13.2. The molecule has 0 amide bonds. The average molecular weight is 432 g/mol. The summed E-state index contributed by atoms with van der Waals surface area (Å²) in [6, 6.07) is 13.3. The molecule has 2 aromatic heterocycles. The minimum absolute atomic E-state index is 0.328. The maximum atomic E-state index is 13.2. The first kappa shape index (κ1) is 20.0. The van der Waals surface area contributed by atoms with Crippen LogP contribution in [0.1, 0.15) is 22.5 Å². The standard InChI is InChI=1S/C21H17ClF3N5/c1-12-9-14(11-26-29-20-27-18-5-3-4-6-19(18)28-20)13(2)30(12)15-7-8-17(22)16(10-15)21(23,24)25/h3-11H,1-2H3,(H2,27,28,29)/b26-11-. The molecule has 2 aromatic carbocycles. The number of alkyl halides is 3. The maximum Gasteiger partial charge on any atom is 0.417 e. The number of fused-ring (bicyclic) bond motifs is 1. The van der Waals surface area contributed by atoms with Gasteiger partial charge in [0.2, 0.25) is 5.95 Å². The zero-order valence-corrected chi connectivity index (χ0v) is 16.8. The fourth-order valence-electron chi connectivity index (χ4n) is 3.35. The van der Waals surface area contributed by atoms with Crippen LogP contribution in [0.25, 0.3) is 16.7 Å². The first-order chi connectivity index (χ1) is 14.2. The Kier molecular flexibility index (Phi) is 5.03. The molecule has 2 N–H and O–H groups in total. The van der Waals surface area contributed by atoms with Gasteiger partial charge in [0.05, 0.1) is 27.8 Å². The Morgan fingerprint density at radius 3 is 2.63 bits per heavy atom. The Bertz CT molecular complexity index is 1220. The quantitative estimate of drug-likeness (QED) is 0.303. The van der Waals surface area contributed by atoms with E-state index in [1.807, 2.05) is 44.2 Å². The van der Waals surface area contributed by atoms with E-state index in [9.17, 15) is 13.2 Å². The van der Waals surface area contributed by atoms with Crippen molar-refractivity contribution in [2.24, 2.45) is 5.10 Å². The van der Waals surface area contributed by atoms with Crippen LogP contribution >= 0.6 is 11.6 Å². The van der Waals surface area contributed by atoms with Gasteiger partial charge in [-0.15, -0.1) is 0 Å². The number of nitrogens with one attached hydrogen (secondary N) is 2. The molecular weight excluding hydrogens is 415 g/mol. The van der Waals surface area contributed by atoms with Crippen LogP contribution in [-0.2, 0) is 6.18 Å². The summed E-state index contributed by atoms with van der Waals surface area (Å²) in [5, 5.41) is 3.88. The number of benzene rings is 2. The van der Waals surface area contributed by atoms with E-state index in [4.69, 9.17) is 11.6 Å². The van der Waals surface area contributed by atoms with E-state index in [2.05, 4.69) is 20.5 Å². The smallest absolute Gasteiger partial charge is 0.323 e. The van der Waals surface area contributed by atoms with Gasteiger partial charge >= 0.3 is 6.18 Å². The van der Waals surface area contributed by atoms with Crippen molar-refractivity contribution in [2.45, 2.75) is 20.0 Å². The third-order valence-electron chi connectivity index (χ3n) is 4.75. The lowest BCUT2D eigenvalue weighted by molar-refractivity contribution is -0.137. The highest BCUT2D eigenvalue weighted by Crippen LogP contribution is 2.36. The predicted molar refractivity (Wildman–Crippen MR) is 113 cm³/mol. The van der Waals surface area contributed by atoms with Gasteiger partial charge in [0.1, 0.15) is 0 Å². The molecule has 0 bridgehead atoms. The molecule has 0 aliphatic heterocycles. The van der Waals surface area contributed by atoms with Gasteiger partial charge in [-0.25, -0.2) is 10.4 Å². The molecule has 2 heterocycles. The van der Waals surface area contributed by atoms with Crippen molar-refractivity contribution >= 4 is 34.8 Å². The van der Waals surface area contributed by atoms with E-state index in [1.54, 1.807) is 16.8 Å². The van der Waals surface area contributed by atoms with Crippen LogP contribution in [0.4, 0.5) is 19.1 Å². The second-order valence-electron chi connectivity index (χ2n) is 6.80. The number of imidazole rings is 1. The SMILES string of the molecule is Cc1cc(/C=N\Nc2nc3ccccc3[nH]2)c(C)n1-c1ccc(Cl)c(C(F)(F)F)c1. The molecule has 0 fully saturated rings. The van der Waals surface area contributed by atoms with Gasteiger partial charge in [-0.2, -0.15) is 18.3 Å². The third kappa shape index (κ3) is 3.78. The van der Waals surface area contributed by atoms with Crippen molar-refractivity contribution < 1.29 is 13.2 Å². The molecular formula is C21H17ClF3N5. The van der Waals surface area contributed by atoms with Crippen molar-refractivity contribution in [1.29, 1.82) is 0 Å². The van der Waals surface area contributed by atoms with Crippen molar-refractivity contribution in [3.63, 3.8) is 0 Å². The first-order valence-corrected chi connectivity index (χ1v) is 9.42. The Balaban J connectivity index is 1.61. The van der Waals surface area contributed by atoms with Crippen LogP contribution in [0.15, 0.2) is 53.6 Å². The van der Waals surface area contributed by atoms with Gasteiger partial charge in [0.25, 0.3) is 0 Å². The summed E-state index contributed by atoms with van der Waals surface area (Å²) in [4.78, 5) is 7.48. The monoisotopic (exact) mass is 431 g/mol. The number of halogens is 4. The molecule has 9 heteroatoms. The molecule has 0 aliphatic rings. The van der Waals surface area contributed by atoms with Crippen LogP contribution in [0.2, 0.25) is 5.02 Å². The Labute approximate surface area is 175 Å². The largest absolute Gasteiger partial charge is 0.417 e. The number of hydrogen-bond donors (Lipinski definition) is 2. The van der Waals surface area contributed by atoms with Crippen molar-refractivity contribution in [2.75, 3.05) is 5.43 Å².